The van der Waals surface area contributed by atoms with Gasteiger partial charge in [-0.1, -0.05) is 0 Å². The molecule has 2 aliphatic heterocycles. The van der Waals surface area contributed by atoms with Crippen molar-refractivity contribution in [3.63, 3.8) is 0 Å². The van der Waals surface area contributed by atoms with Crippen molar-refractivity contribution in [3.05, 3.63) is 42.2 Å². The first-order valence-electron chi connectivity index (χ1n) is 10.8. The molecule has 2 amide bonds. The van der Waals surface area contributed by atoms with Crippen LogP contribution in [-0.4, -0.2) is 68.0 Å². The fourth-order valence-corrected chi connectivity index (χ4v) is 5.33. The van der Waals surface area contributed by atoms with Gasteiger partial charge in [-0.05, 0) is 37.1 Å². The van der Waals surface area contributed by atoms with E-state index in [1.165, 1.54) is 16.4 Å². The second kappa shape index (κ2) is 9.85. The van der Waals surface area contributed by atoms with Gasteiger partial charge in [0.25, 0.3) is 11.8 Å². The van der Waals surface area contributed by atoms with Gasteiger partial charge in [-0.2, -0.15) is 4.31 Å². The number of hydrogen-bond donors (Lipinski definition) is 1. The number of carbonyl (C=O) groups excluding carboxylic acids is 3. The lowest BCUT2D eigenvalue weighted by Crippen LogP contribution is -2.41. The Labute approximate surface area is 196 Å². The summed E-state index contributed by atoms with van der Waals surface area (Å²) < 4.78 is 44.8. The number of benzene rings is 1. The van der Waals surface area contributed by atoms with Crippen LogP contribution in [0.15, 0.2) is 41.4 Å². The first kappa shape index (κ1) is 23.8. The lowest BCUT2D eigenvalue weighted by molar-refractivity contribution is -0.153. The van der Waals surface area contributed by atoms with Gasteiger partial charge in [0.15, 0.2) is 18.1 Å². The lowest BCUT2D eigenvalue weighted by Gasteiger charge is -2.30. The largest absolute Gasteiger partial charge is 0.486 e. The van der Waals surface area contributed by atoms with Gasteiger partial charge in [0, 0.05) is 32.4 Å². The predicted octanol–water partition coefficient (Wildman–Crippen LogP) is 0.697. The Morgan fingerprint density at radius 1 is 1.09 bits per heavy atom. The van der Waals surface area contributed by atoms with Crippen LogP contribution in [0.5, 0.6) is 11.5 Å². The van der Waals surface area contributed by atoms with Crippen LogP contribution in [-0.2, 0) is 31.4 Å². The standard InChI is InChI=1S/C22H25N3O8S/c1-24-8-2-3-17(24)21(27)23-20(26)14-33-22(28)15-6-9-25(10-7-15)34(29,30)16-4-5-18-19(13-16)32-12-11-31-18/h2-5,8,13,15H,6-7,9-12,14H2,1H3,(H,23,26,27). The Hall–Kier alpha value is -3.38. The molecule has 1 fully saturated rings. The van der Waals surface area contributed by atoms with Crippen molar-refractivity contribution in [3.8, 4) is 11.5 Å². The molecule has 0 bridgehead atoms. The summed E-state index contributed by atoms with van der Waals surface area (Å²) in [4.78, 5) is 36.5. The first-order chi connectivity index (χ1) is 16.3. The number of ether oxygens (including phenoxy) is 3. The zero-order valence-corrected chi connectivity index (χ0v) is 19.4. The van der Waals surface area contributed by atoms with Gasteiger partial charge in [0.05, 0.1) is 10.8 Å². The third-order valence-corrected chi connectivity index (χ3v) is 7.61. The maximum absolute atomic E-state index is 13.0. The summed E-state index contributed by atoms with van der Waals surface area (Å²) in [7, 11) is -2.10. The molecule has 1 aromatic carbocycles. The number of sulfonamides is 1. The molecular formula is C22H25N3O8S. The number of hydrogen-bond acceptors (Lipinski definition) is 8. The summed E-state index contributed by atoms with van der Waals surface area (Å²) in [5, 5.41) is 2.17. The second-order valence-corrected chi connectivity index (χ2v) is 9.91. The first-order valence-corrected chi connectivity index (χ1v) is 12.2. The van der Waals surface area contributed by atoms with E-state index in [1.54, 1.807) is 36.0 Å². The van der Waals surface area contributed by atoms with Crippen molar-refractivity contribution in [1.82, 2.24) is 14.2 Å². The van der Waals surface area contributed by atoms with Gasteiger partial charge in [-0.3, -0.25) is 19.7 Å². The average Bonchev–Trinajstić information content (AvgIpc) is 3.28. The fraction of sp³-hybridized carbons (Fsp3) is 0.409. The van der Waals surface area contributed by atoms with Gasteiger partial charge >= 0.3 is 5.97 Å². The molecule has 4 rings (SSSR count). The van der Waals surface area contributed by atoms with Gasteiger partial charge in [-0.15, -0.1) is 0 Å². The molecule has 182 valence electrons. The summed E-state index contributed by atoms with van der Waals surface area (Å²) in [5.74, 6) is -1.58. The molecule has 1 N–H and O–H groups in total. The highest BCUT2D eigenvalue weighted by Crippen LogP contribution is 2.34. The molecule has 0 saturated carbocycles. The highest BCUT2D eigenvalue weighted by molar-refractivity contribution is 7.89. The number of nitrogens with zero attached hydrogens (tertiary/aromatic N) is 2. The molecule has 11 nitrogen and oxygen atoms in total. The van der Waals surface area contributed by atoms with Crippen LogP contribution in [0, 0.1) is 5.92 Å². The Balaban J connectivity index is 1.27. The number of fused-ring (bicyclic) bond motifs is 1. The molecule has 34 heavy (non-hydrogen) atoms. The van der Waals surface area contributed by atoms with Crippen molar-refractivity contribution in [2.24, 2.45) is 13.0 Å². The van der Waals surface area contributed by atoms with Gasteiger partial charge in [-0.25, -0.2) is 8.42 Å². The Kier molecular flexibility index (Phi) is 6.89. The Morgan fingerprint density at radius 3 is 2.47 bits per heavy atom. The number of imide groups is 1. The lowest BCUT2D eigenvalue weighted by atomic mass is 9.98. The van der Waals surface area contributed by atoms with Gasteiger partial charge < -0.3 is 18.8 Å². The zero-order chi connectivity index (χ0) is 24.3. The molecule has 0 atom stereocenters. The summed E-state index contributed by atoms with van der Waals surface area (Å²) >= 11 is 0. The van der Waals surface area contributed by atoms with Crippen LogP contribution in [0.2, 0.25) is 0 Å². The number of aromatic nitrogens is 1. The van der Waals surface area contributed by atoms with Crippen molar-refractivity contribution >= 4 is 27.8 Å². The predicted molar refractivity (Wildman–Crippen MR) is 118 cm³/mol. The third-order valence-electron chi connectivity index (χ3n) is 5.71. The summed E-state index contributed by atoms with van der Waals surface area (Å²) in [6.45, 7) is 0.435. The Morgan fingerprint density at radius 2 is 1.79 bits per heavy atom. The number of rotatable bonds is 6. The van der Waals surface area contributed by atoms with Crippen molar-refractivity contribution in [2.75, 3.05) is 32.9 Å². The van der Waals surface area contributed by atoms with E-state index < -0.39 is 40.3 Å². The summed E-state index contributed by atoms with van der Waals surface area (Å²) in [5.41, 5.74) is 0.297. The van der Waals surface area contributed by atoms with Crippen molar-refractivity contribution in [1.29, 1.82) is 0 Å². The third kappa shape index (κ3) is 5.07. The number of nitrogens with one attached hydrogen (secondary N) is 1. The Bertz CT molecular complexity index is 1200. The summed E-state index contributed by atoms with van der Waals surface area (Å²) in [6.07, 6.45) is 2.18. The van der Waals surface area contributed by atoms with E-state index in [1.807, 2.05) is 0 Å². The monoisotopic (exact) mass is 491 g/mol. The van der Waals surface area contributed by atoms with Crippen molar-refractivity contribution in [2.45, 2.75) is 17.7 Å². The van der Waals surface area contributed by atoms with E-state index in [9.17, 15) is 22.8 Å². The number of esters is 1. The molecule has 0 aliphatic carbocycles. The molecule has 0 unspecified atom stereocenters. The number of piperidine rings is 1. The van der Waals surface area contributed by atoms with Gasteiger partial charge in [0.1, 0.15) is 18.9 Å². The fourth-order valence-electron chi connectivity index (χ4n) is 3.84. The van der Waals surface area contributed by atoms with E-state index in [0.29, 0.717) is 30.4 Å². The van der Waals surface area contributed by atoms with E-state index in [0.717, 1.165) is 0 Å². The van der Waals surface area contributed by atoms with Crippen LogP contribution < -0.4 is 14.8 Å². The quantitative estimate of drug-likeness (QED) is 0.584. The minimum Gasteiger partial charge on any atom is -0.486 e. The number of carbonyl (C=O) groups is 3. The number of amides is 2. The molecule has 1 aromatic heterocycles. The van der Waals surface area contributed by atoms with E-state index in [2.05, 4.69) is 5.32 Å². The minimum absolute atomic E-state index is 0.0948. The molecule has 2 aliphatic rings. The topological polar surface area (TPSA) is 133 Å². The average molecular weight is 492 g/mol. The van der Waals surface area contributed by atoms with Crippen LogP contribution in [0.25, 0.3) is 0 Å². The van der Waals surface area contributed by atoms with E-state index >= 15 is 0 Å². The van der Waals surface area contributed by atoms with Crippen LogP contribution in [0.3, 0.4) is 0 Å². The van der Waals surface area contributed by atoms with E-state index in [-0.39, 0.29) is 30.8 Å². The zero-order valence-electron chi connectivity index (χ0n) is 18.6. The molecule has 0 radical (unpaired) electrons. The molecule has 0 spiro atoms. The molecule has 2 aromatic rings. The SMILES string of the molecule is Cn1cccc1C(=O)NC(=O)COC(=O)C1CCN(S(=O)(=O)c2ccc3c(c2)OCCO3)CC1. The van der Waals surface area contributed by atoms with Crippen LogP contribution in [0.4, 0.5) is 0 Å². The second-order valence-electron chi connectivity index (χ2n) is 7.97. The van der Waals surface area contributed by atoms with E-state index in [4.69, 9.17) is 14.2 Å². The van der Waals surface area contributed by atoms with Crippen LogP contribution in [0.1, 0.15) is 23.3 Å². The highest BCUT2D eigenvalue weighted by Gasteiger charge is 2.33. The van der Waals surface area contributed by atoms with Crippen LogP contribution >= 0.6 is 0 Å². The molecule has 3 heterocycles. The minimum atomic E-state index is -3.77. The summed E-state index contributed by atoms with van der Waals surface area (Å²) in [6, 6.07) is 7.71. The van der Waals surface area contributed by atoms with Crippen molar-refractivity contribution < 1.29 is 37.0 Å². The maximum atomic E-state index is 13.0. The normalized spacial score (nSPS) is 16.6. The van der Waals surface area contributed by atoms with Gasteiger partial charge in [0.2, 0.25) is 10.0 Å². The number of aryl methyl sites for hydroxylation is 1. The molecule has 1 saturated heterocycles. The highest BCUT2D eigenvalue weighted by atomic mass is 32.2. The smallest absolute Gasteiger partial charge is 0.309 e. The molecule has 12 heteroatoms. The maximum Gasteiger partial charge on any atom is 0.309 e. The molecular weight excluding hydrogens is 466 g/mol.